The zero-order chi connectivity index (χ0) is 9.68. The highest BCUT2D eigenvalue weighted by Crippen LogP contribution is 2.15. The number of rotatable bonds is 4. The van der Waals surface area contributed by atoms with E-state index in [0.717, 1.165) is 12.1 Å². The van der Waals surface area contributed by atoms with E-state index in [1.807, 2.05) is 25.2 Å². The first kappa shape index (κ1) is 10.1. The van der Waals surface area contributed by atoms with Crippen LogP contribution in [0.2, 0.25) is 0 Å². The second kappa shape index (κ2) is 4.87. The fraction of sp³-hybridized carbons (Fsp3) is 0.455. The van der Waals surface area contributed by atoms with E-state index < -0.39 is 0 Å². The number of hydrogen-bond acceptors (Lipinski definition) is 2. The number of likely N-dealkylation sites (N-methyl/N-ethyl adjacent to an activating group) is 1. The zero-order valence-electron chi connectivity index (χ0n) is 8.27. The van der Waals surface area contributed by atoms with Crippen LogP contribution in [-0.2, 0) is 0 Å². The lowest BCUT2D eigenvalue weighted by Gasteiger charge is -2.27. The molecule has 1 aromatic rings. The van der Waals surface area contributed by atoms with Gasteiger partial charge in [0, 0.05) is 12.7 Å². The molecule has 0 heterocycles. The smallest absolute Gasteiger partial charge is 0.0634 e. The first-order valence-electron chi connectivity index (χ1n) is 4.68. The van der Waals surface area contributed by atoms with Gasteiger partial charge in [0.2, 0.25) is 0 Å². The van der Waals surface area contributed by atoms with Gasteiger partial charge in [0.05, 0.1) is 12.6 Å². The van der Waals surface area contributed by atoms with E-state index in [1.165, 1.54) is 0 Å². The molecule has 1 unspecified atom stereocenters. The molecule has 0 amide bonds. The zero-order valence-corrected chi connectivity index (χ0v) is 8.27. The molecule has 1 N–H and O–H groups in total. The molecular weight excluding hydrogens is 162 g/mol. The molecule has 0 fully saturated rings. The van der Waals surface area contributed by atoms with Crippen molar-refractivity contribution in [3.05, 3.63) is 30.3 Å². The van der Waals surface area contributed by atoms with Crippen molar-refractivity contribution in [1.82, 2.24) is 0 Å². The number of anilines is 1. The summed E-state index contributed by atoms with van der Waals surface area (Å²) in [6.45, 7) is 2.29. The van der Waals surface area contributed by atoms with E-state index in [-0.39, 0.29) is 12.6 Å². The summed E-state index contributed by atoms with van der Waals surface area (Å²) in [6.07, 6.45) is 0.960. The summed E-state index contributed by atoms with van der Waals surface area (Å²) in [5.41, 5.74) is 1.16. The predicted octanol–water partition coefficient (Wildman–Crippen LogP) is 1.89. The van der Waals surface area contributed by atoms with E-state index in [4.69, 9.17) is 5.11 Å². The van der Waals surface area contributed by atoms with Crippen LogP contribution < -0.4 is 4.90 Å². The Hall–Kier alpha value is -1.02. The highest BCUT2D eigenvalue weighted by atomic mass is 16.3. The van der Waals surface area contributed by atoms with Crippen molar-refractivity contribution >= 4 is 5.69 Å². The van der Waals surface area contributed by atoms with Crippen LogP contribution in [-0.4, -0.2) is 24.8 Å². The van der Waals surface area contributed by atoms with E-state index >= 15 is 0 Å². The first-order chi connectivity index (χ1) is 6.29. The Morgan fingerprint density at radius 3 is 2.38 bits per heavy atom. The molecule has 72 valence electrons. The second-order valence-corrected chi connectivity index (χ2v) is 3.19. The van der Waals surface area contributed by atoms with Crippen LogP contribution in [0, 0.1) is 0 Å². The Balaban J connectivity index is 2.72. The average Bonchev–Trinajstić information content (AvgIpc) is 2.21. The second-order valence-electron chi connectivity index (χ2n) is 3.19. The lowest BCUT2D eigenvalue weighted by atomic mass is 10.2. The highest BCUT2D eigenvalue weighted by molar-refractivity contribution is 5.46. The number of benzene rings is 1. The summed E-state index contributed by atoms with van der Waals surface area (Å²) >= 11 is 0. The Kier molecular flexibility index (Phi) is 3.77. The Morgan fingerprint density at radius 1 is 1.31 bits per heavy atom. The third-order valence-corrected chi connectivity index (χ3v) is 2.39. The molecule has 2 heteroatoms. The monoisotopic (exact) mass is 179 g/mol. The standard InChI is InChI=1S/C11H17NO/c1-3-10(9-13)12(2)11-7-5-4-6-8-11/h4-8,10,13H,3,9H2,1-2H3. The molecule has 1 aromatic carbocycles. The molecule has 0 aromatic heterocycles. The number of nitrogens with zero attached hydrogens (tertiary/aromatic N) is 1. The SMILES string of the molecule is CCC(CO)N(C)c1ccccc1. The predicted molar refractivity (Wildman–Crippen MR) is 56.0 cm³/mol. The van der Waals surface area contributed by atoms with Gasteiger partial charge in [0.15, 0.2) is 0 Å². The maximum Gasteiger partial charge on any atom is 0.0634 e. The van der Waals surface area contributed by atoms with Crippen LogP contribution >= 0.6 is 0 Å². The van der Waals surface area contributed by atoms with Crippen LogP contribution in [0.4, 0.5) is 5.69 Å². The molecule has 1 atom stereocenters. The molecule has 0 bridgehead atoms. The summed E-state index contributed by atoms with van der Waals surface area (Å²) in [5, 5.41) is 9.12. The Labute approximate surface area is 79.8 Å². The minimum Gasteiger partial charge on any atom is -0.394 e. The van der Waals surface area contributed by atoms with E-state index in [0.29, 0.717) is 0 Å². The quantitative estimate of drug-likeness (QED) is 0.763. The lowest BCUT2D eigenvalue weighted by Crippen LogP contribution is -2.33. The van der Waals surface area contributed by atoms with E-state index in [1.54, 1.807) is 0 Å². The summed E-state index contributed by atoms with van der Waals surface area (Å²) in [7, 11) is 2.01. The molecule has 0 aliphatic heterocycles. The molecule has 1 rings (SSSR count). The third kappa shape index (κ3) is 2.46. The maximum absolute atomic E-state index is 9.12. The van der Waals surface area contributed by atoms with Crippen molar-refractivity contribution in [1.29, 1.82) is 0 Å². The molecule has 0 radical (unpaired) electrons. The summed E-state index contributed by atoms with van der Waals surface area (Å²) in [4.78, 5) is 2.11. The Morgan fingerprint density at radius 2 is 1.92 bits per heavy atom. The number of hydrogen-bond donors (Lipinski definition) is 1. The van der Waals surface area contributed by atoms with Crippen molar-refractivity contribution in [3.63, 3.8) is 0 Å². The normalized spacial score (nSPS) is 12.5. The van der Waals surface area contributed by atoms with Gasteiger partial charge in [0.25, 0.3) is 0 Å². The van der Waals surface area contributed by atoms with E-state index in [9.17, 15) is 0 Å². The van der Waals surface area contributed by atoms with Gasteiger partial charge >= 0.3 is 0 Å². The first-order valence-corrected chi connectivity index (χ1v) is 4.68. The molecule has 0 aliphatic rings. The van der Waals surface area contributed by atoms with Crippen LogP contribution in [0.25, 0.3) is 0 Å². The van der Waals surface area contributed by atoms with Crippen molar-refractivity contribution in [2.45, 2.75) is 19.4 Å². The molecule has 0 aliphatic carbocycles. The van der Waals surface area contributed by atoms with Crippen molar-refractivity contribution in [2.75, 3.05) is 18.6 Å². The van der Waals surface area contributed by atoms with Gasteiger partial charge in [-0.3, -0.25) is 0 Å². The highest BCUT2D eigenvalue weighted by Gasteiger charge is 2.10. The van der Waals surface area contributed by atoms with Crippen LogP contribution in [0.1, 0.15) is 13.3 Å². The van der Waals surface area contributed by atoms with Gasteiger partial charge in [0.1, 0.15) is 0 Å². The Bertz CT molecular complexity index is 231. The van der Waals surface area contributed by atoms with Gasteiger partial charge in [-0.2, -0.15) is 0 Å². The largest absolute Gasteiger partial charge is 0.394 e. The molecule has 2 nitrogen and oxygen atoms in total. The van der Waals surface area contributed by atoms with Gasteiger partial charge in [-0.05, 0) is 18.6 Å². The van der Waals surface area contributed by atoms with Gasteiger partial charge < -0.3 is 10.0 Å². The van der Waals surface area contributed by atoms with Crippen LogP contribution in [0.3, 0.4) is 0 Å². The number of para-hydroxylation sites is 1. The van der Waals surface area contributed by atoms with Crippen LogP contribution in [0.15, 0.2) is 30.3 Å². The molecular formula is C11H17NO. The molecule has 13 heavy (non-hydrogen) atoms. The fourth-order valence-corrected chi connectivity index (χ4v) is 1.40. The third-order valence-electron chi connectivity index (χ3n) is 2.39. The number of aliphatic hydroxyl groups excluding tert-OH is 1. The minimum atomic E-state index is 0.210. The maximum atomic E-state index is 9.12. The molecule has 0 saturated heterocycles. The minimum absolute atomic E-state index is 0.210. The van der Waals surface area contributed by atoms with Gasteiger partial charge in [-0.1, -0.05) is 25.1 Å². The van der Waals surface area contributed by atoms with E-state index in [2.05, 4.69) is 24.0 Å². The topological polar surface area (TPSA) is 23.5 Å². The van der Waals surface area contributed by atoms with Crippen molar-refractivity contribution in [2.24, 2.45) is 0 Å². The molecule has 0 saturated carbocycles. The summed E-state index contributed by atoms with van der Waals surface area (Å²) < 4.78 is 0. The lowest BCUT2D eigenvalue weighted by molar-refractivity contribution is 0.259. The molecule has 0 spiro atoms. The van der Waals surface area contributed by atoms with Gasteiger partial charge in [-0.15, -0.1) is 0 Å². The summed E-state index contributed by atoms with van der Waals surface area (Å²) in [6, 6.07) is 10.3. The van der Waals surface area contributed by atoms with Gasteiger partial charge in [-0.25, -0.2) is 0 Å². The average molecular weight is 179 g/mol. The number of aliphatic hydroxyl groups is 1. The fourth-order valence-electron chi connectivity index (χ4n) is 1.40. The van der Waals surface area contributed by atoms with Crippen molar-refractivity contribution < 1.29 is 5.11 Å². The van der Waals surface area contributed by atoms with Crippen molar-refractivity contribution in [3.8, 4) is 0 Å². The van der Waals surface area contributed by atoms with Crippen LogP contribution in [0.5, 0.6) is 0 Å². The summed E-state index contributed by atoms with van der Waals surface area (Å²) in [5.74, 6) is 0.